The first-order chi connectivity index (χ1) is 9.81. The summed E-state index contributed by atoms with van der Waals surface area (Å²) in [6, 6.07) is -0.800. The lowest BCUT2D eigenvalue weighted by Gasteiger charge is -2.34. The highest BCUT2D eigenvalue weighted by Crippen LogP contribution is 2.22. The first-order valence-corrected chi connectivity index (χ1v) is 6.84. The largest absolute Gasteiger partial charge is 0.480 e. The molecule has 21 heavy (non-hydrogen) atoms. The van der Waals surface area contributed by atoms with Gasteiger partial charge in [0.05, 0.1) is 12.6 Å². The van der Waals surface area contributed by atoms with Gasteiger partial charge in [-0.05, 0) is 0 Å². The molecule has 0 aliphatic carbocycles. The van der Waals surface area contributed by atoms with E-state index in [1.54, 1.807) is 0 Å². The fraction of sp³-hybridized carbons (Fsp3) is 0.727. The maximum atomic E-state index is 11.0. The number of aliphatic hydroxyl groups is 5. The average molecular weight is 324 g/mol. The lowest BCUT2D eigenvalue weighted by Crippen LogP contribution is -2.55. The maximum Gasteiger partial charge on any atom is 0.300 e. The summed E-state index contributed by atoms with van der Waals surface area (Å²) in [6.07, 6.45) is -5.65. The van der Waals surface area contributed by atoms with Crippen LogP contribution in [0.25, 0.3) is 0 Å². The minimum absolute atomic E-state index is 0.0839. The molecule has 1 amide bonds. The molecular formula is C11H20N2O7S. The van der Waals surface area contributed by atoms with E-state index in [0.717, 1.165) is 0 Å². The van der Waals surface area contributed by atoms with E-state index < -0.39 is 49.0 Å². The molecular weight excluding hydrogens is 304 g/mol. The molecule has 0 aromatic rings. The predicted molar refractivity (Wildman–Crippen MR) is 74.2 cm³/mol. The molecule has 0 bridgehead atoms. The second kappa shape index (κ2) is 7.71. The quantitative estimate of drug-likeness (QED) is 0.192. The number of ether oxygens (including phenoxy) is 1. The van der Waals surface area contributed by atoms with E-state index in [0.29, 0.717) is 0 Å². The smallest absolute Gasteiger partial charge is 0.300 e. The minimum atomic E-state index is -1.59. The molecule has 0 radical (unpaired) electrons. The second-order valence-electron chi connectivity index (χ2n) is 4.57. The molecule has 0 saturated carbocycles. The van der Waals surface area contributed by atoms with Crippen molar-refractivity contribution in [3.63, 3.8) is 0 Å². The van der Waals surface area contributed by atoms with Gasteiger partial charge in [0.25, 0.3) is 5.95 Å². The molecule has 0 aromatic carbocycles. The van der Waals surface area contributed by atoms with Gasteiger partial charge in [-0.2, -0.15) is 12.6 Å². The van der Waals surface area contributed by atoms with Crippen LogP contribution in [0.5, 0.6) is 0 Å². The second-order valence-corrected chi connectivity index (χ2v) is 4.94. The molecule has 1 heterocycles. The number of aliphatic hydroxyl groups excluding tert-OH is 5. The molecule has 122 valence electrons. The number of carbonyl (C=O) groups is 1. The lowest BCUT2D eigenvalue weighted by molar-refractivity contribution is -0.128. The number of hydrogen-bond acceptors (Lipinski definition) is 9. The highest BCUT2D eigenvalue weighted by Gasteiger charge is 2.39. The summed E-state index contributed by atoms with van der Waals surface area (Å²) in [4.78, 5) is 11.0. The Bertz CT molecular complexity index is 406. The summed E-state index contributed by atoms with van der Waals surface area (Å²) in [7, 11) is 0. The Hall–Kier alpha value is -1.20. The van der Waals surface area contributed by atoms with E-state index in [2.05, 4.69) is 23.3 Å². The molecule has 0 saturated heterocycles. The molecule has 0 fully saturated rings. The normalized spacial score (nSPS) is 28.6. The molecule has 9 nitrogen and oxygen atoms in total. The van der Waals surface area contributed by atoms with Gasteiger partial charge in [0.15, 0.2) is 6.10 Å². The van der Waals surface area contributed by atoms with Gasteiger partial charge in [-0.3, -0.25) is 4.79 Å². The molecule has 10 heteroatoms. The van der Waals surface area contributed by atoms with Crippen molar-refractivity contribution >= 4 is 18.5 Å². The SMILES string of the molecule is CC(=O)NC(CS)C(O)NC1=C(O)OC(CO)[C@@H](O)C1O. The van der Waals surface area contributed by atoms with Crippen LogP contribution in [-0.2, 0) is 9.53 Å². The number of rotatable bonds is 6. The van der Waals surface area contributed by atoms with Crippen molar-refractivity contribution in [3.8, 4) is 0 Å². The van der Waals surface area contributed by atoms with Gasteiger partial charge in [-0.15, -0.1) is 0 Å². The van der Waals surface area contributed by atoms with Crippen molar-refractivity contribution in [2.24, 2.45) is 0 Å². The third-order valence-electron chi connectivity index (χ3n) is 2.94. The Morgan fingerprint density at radius 2 is 2.10 bits per heavy atom. The Labute approximate surface area is 126 Å². The number of hydrogen-bond donors (Lipinski definition) is 8. The van der Waals surface area contributed by atoms with Crippen LogP contribution in [0.2, 0.25) is 0 Å². The van der Waals surface area contributed by atoms with E-state index in [1.807, 2.05) is 0 Å². The van der Waals surface area contributed by atoms with E-state index >= 15 is 0 Å². The van der Waals surface area contributed by atoms with Gasteiger partial charge in [-0.1, -0.05) is 0 Å². The highest BCUT2D eigenvalue weighted by molar-refractivity contribution is 7.80. The van der Waals surface area contributed by atoms with Crippen molar-refractivity contribution in [1.82, 2.24) is 10.6 Å². The van der Waals surface area contributed by atoms with Crippen LogP contribution in [0, 0.1) is 0 Å². The van der Waals surface area contributed by atoms with Crippen LogP contribution in [0.1, 0.15) is 6.92 Å². The van der Waals surface area contributed by atoms with E-state index in [9.17, 15) is 25.2 Å². The standard InChI is InChI=1S/C11H20N2O7S/c1-4(15)12-5(3-21)10(18)13-7-9(17)8(16)6(2-14)20-11(7)19/h5-6,8-10,13-14,16-19,21H,2-3H2,1H3,(H,12,15)/t5?,6?,8-,9?,10?/m1/s1. The van der Waals surface area contributed by atoms with Gasteiger partial charge >= 0.3 is 0 Å². The molecule has 1 aliphatic heterocycles. The molecule has 5 atom stereocenters. The van der Waals surface area contributed by atoms with Gasteiger partial charge in [0.1, 0.15) is 24.1 Å². The summed E-state index contributed by atoms with van der Waals surface area (Å²) < 4.78 is 4.82. The van der Waals surface area contributed by atoms with E-state index in [-0.39, 0.29) is 11.4 Å². The minimum Gasteiger partial charge on any atom is -0.480 e. The topological polar surface area (TPSA) is 152 Å². The molecule has 4 unspecified atom stereocenters. The predicted octanol–water partition coefficient (Wildman–Crippen LogP) is -2.83. The summed E-state index contributed by atoms with van der Waals surface area (Å²) >= 11 is 3.97. The average Bonchev–Trinajstić information content (AvgIpc) is 2.44. The van der Waals surface area contributed by atoms with Crippen molar-refractivity contribution in [1.29, 1.82) is 0 Å². The van der Waals surface area contributed by atoms with Gasteiger partial charge in [0.2, 0.25) is 5.91 Å². The summed E-state index contributed by atoms with van der Waals surface area (Å²) in [5, 5.41) is 52.8. The van der Waals surface area contributed by atoms with Crippen molar-refractivity contribution in [2.45, 2.75) is 37.5 Å². The zero-order valence-electron chi connectivity index (χ0n) is 11.3. The van der Waals surface area contributed by atoms with Crippen LogP contribution in [-0.4, -0.2) is 74.4 Å². The van der Waals surface area contributed by atoms with Crippen LogP contribution in [0.4, 0.5) is 0 Å². The zero-order valence-corrected chi connectivity index (χ0v) is 12.2. The van der Waals surface area contributed by atoms with Gasteiger partial charge in [-0.25, -0.2) is 0 Å². The molecule has 0 spiro atoms. The van der Waals surface area contributed by atoms with Crippen LogP contribution in [0.15, 0.2) is 11.6 Å². The Kier molecular flexibility index (Phi) is 6.55. The highest BCUT2D eigenvalue weighted by atomic mass is 32.1. The van der Waals surface area contributed by atoms with Crippen molar-refractivity contribution in [3.05, 3.63) is 11.6 Å². The third-order valence-corrected chi connectivity index (χ3v) is 3.34. The number of nitrogens with one attached hydrogen (secondary N) is 2. The third kappa shape index (κ3) is 4.38. The number of amides is 1. The Morgan fingerprint density at radius 3 is 2.57 bits per heavy atom. The van der Waals surface area contributed by atoms with E-state index in [4.69, 9.17) is 9.84 Å². The Morgan fingerprint density at radius 1 is 1.48 bits per heavy atom. The molecule has 0 aromatic heterocycles. The molecule has 7 N–H and O–H groups in total. The lowest BCUT2D eigenvalue weighted by atomic mass is 10.0. The van der Waals surface area contributed by atoms with Crippen LogP contribution in [0.3, 0.4) is 0 Å². The van der Waals surface area contributed by atoms with Gasteiger partial charge in [0, 0.05) is 12.7 Å². The van der Waals surface area contributed by atoms with Crippen molar-refractivity contribution < 1.29 is 35.1 Å². The first kappa shape index (κ1) is 17.9. The molecule has 1 aliphatic rings. The fourth-order valence-corrected chi connectivity index (χ4v) is 2.11. The van der Waals surface area contributed by atoms with Crippen LogP contribution < -0.4 is 10.6 Å². The number of thiol groups is 1. The Balaban J connectivity index is 2.82. The number of carbonyl (C=O) groups excluding carboxylic acids is 1. The van der Waals surface area contributed by atoms with Gasteiger partial charge < -0.3 is 40.9 Å². The molecule has 1 rings (SSSR count). The van der Waals surface area contributed by atoms with Crippen molar-refractivity contribution in [2.75, 3.05) is 12.4 Å². The van der Waals surface area contributed by atoms with E-state index in [1.165, 1.54) is 6.92 Å². The van der Waals surface area contributed by atoms with Crippen LogP contribution >= 0.6 is 12.6 Å². The summed E-state index contributed by atoms with van der Waals surface area (Å²) in [5.41, 5.74) is -0.350. The zero-order chi connectivity index (χ0) is 16.2. The maximum absolute atomic E-state index is 11.0. The first-order valence-electron chi connectivity index (χ1n) is 6.21. The monoisotopic (exact) mass is 324 g/mol. The summed E-state index contributed by atoms with van der Waals surface area (Å²) in [5.74, 6) is -1.07. The summed E-state index contributed by atoms with van der Waals surface area (Å²) in [6.45, 7) is 0.650. The fourth-order valence-electron chi connectivity index (χ4n) is 1.81.